The number of carbonyl (C=O) groups excluding carboxylic acids is 1. The van der Waals surface area contributed by atoms with E-state index >= 15 is 0 Å². The van der Waals surface area contributed by atoms with Gasteiger partial charge in [0.25, 0.3) is 5.91 Å². The molecule has 0 N–H and O–H groups in total. The molecule has 1 fully saturated rings. The lowest BCUT2D eigenvalue weighted by Crippen LogP contribution is -2.35. The minimum atomic E-state index is 0.0573. The van der Waals surface area contributed by atoms with Crippen LogP contribution in [-0.4, -0.2) is 56.7 Å². The van der Waals surface area contributed by atoms with Gasteiger partial charge in [-0.3, -0.25) is 14.4 Å². The van der Waals surface area contributed by atoms with Crippen molar-refractivity contribution in [1.82, 2.24) is 24.6 Å². The van der Waals surface area contributed by atoms with Crippen LogP contribution in [0.5, 0.6) is 0 Å². The summed E-state index contributed by atoms with van der Waals surface area (Å²) >= 11 is 1.47. The summed E-state index contributed by atoms with van der Waals surface area (Å²) in [6.45, 7) is 7.37. The molecule has 3 rings (SSSR count). The van der Waals surface area contributed by atoms with E-state index in [4.69, 9.17) is 0 Å². The number of carbonyl (C=O) groups is 1. The molecule has 0 saturated carbocycles. The summed E-state index contributed by atoms with van der Waals surface area (Å²) < 4.78 is 1.95. The first-order valence-electron chi connectivity index (χ1n) is 7.67. The normalized spacial score (nSPS) is 16.7. The molecular weight excluding hydrogens is 298 g/mol. The topological polar surface area (TPSA) is 54.3 Å². The molecule has 0 atom stereocenters. The van der Waals surface area contributed by atoms with Crippen molar-refractivity contribution in [2.75, 3.05) is 26.2 Å². The quantitative estimate of drug-likeness (QED) is 0.861. The van der Waals surface area contributed by atoms with E-state index in [1.807, 2.05) is 21.2 Å². The lowest BCUT2D eigenvalue weighted by atomic mass is 10.3. The summed E-state index contributed by atoms with van der Waals surface area (Å²) in [6.07, 6.45) is 5.04. The number of rotatable bonds is 4. The number of thiazole rings is 1. The fourth-order valence-corrected chi connectivity index (χ4v) is 3.26. The van der Waals surface area contributed by atoms with Crippen molar-refractivity contribution in [2.45, 2.75) is 26.4 Å². The number of hydrogen-bond acceptors (Lipinski definition) is 5. The molecular formula is C15H21N5OS. The second kappa shape index (κ2) is 7.02. The first-order chi connectivity index (χ1) is 10.8. The van der Waals surface area contributed by atoms with E-state index in [9.17, 15) is 4.79 Å². The maximum absolute atomic E-state index is 12.4. The van der Waals surface area contributed by atoms with Crippen molar-refractivity contribution in [1.29, 1.82) is 0 Å². The highest BCUT2D eigenvalue weighted by Gasteiger charge is 2.21. The molecule has 0 radical (unpaired) electrons. The Balaban J connectivity index is 1.56. The van der Waals surface area contributed by atoms with Crippen molar-refractivity contribution in [3.63, 3.8) is 0 Å². The van der Waals surface area contributed by atoms with Crippen LogP contribution in [0.1, 0.15) is 29.4 Å². The molecule has 3 heterocycles. The summed E-state index contributed by atoms with van der Waals surface area (Å²) in [5.41, 5.74) is 3.52. The molecule has 0 spiro atoms. The Hall–Kier alpha value is -1.73. The largest absolute Gasteiger partial charge is 0.336 e. The van der Waals surface area contributed by atoms with Crippen molar-refractivity contribution in [2.24, 2.45) is 0 Å². The molecule has 22 heavy (non-hydrogen) atoms. The van der Waals surface area contributed by atoms with Crippen LogP contribution in [0.2, 0.25) is 0 Å². The smallest absolute Gasteiger partial charge is 0.273 e. The van der Waals surface area contributed by atoms with Gasteiger partial charge in [-0.15, -0.1) is 11.3 Å². The number of nitrogens with zero attached hydrogens (tertiary/aromatic N) is 5. The molecule has 118 valence electrons. The summed E-state index contributed by atoms with van der Waals surface area (Å²) in [6, 6.07) is 0. The van der Waals surface area contributed by atoms with E-state index < -0.39 is 0 Å². The number of aryl methyl sites for hydroxylation is 1. The van der Waals surface area contributed by atoms with E-state index in [0.29, 0.717) is 5.69 Å². The van der Waals surface area contributed by atoms with Crippen LogP contribution >= 0.6 is 11.3 Å². The van der Waals surface area contributed by atoms with E-state index in [-0.39, 0.29) is 5.91 Å². The van der Waals surface area contributed by atoms with Gasteiger partial charge >= 0.3 is 0 Å². The van der Waals surface area contributed by atoms with Crippen LogP contribution in [0.4, 0.5) is 0 Å². The highest BCUT2D eigenvalue weighted by Crippen LogP contribution is 2.12. The van der Waals surface area contributed by atoms with Gasteiger partial charge in [-0.25, -0.2) is 4.98 Å². The van der Waals surface area contributed by atoms with Gasteiger partial charge in [-0.1, -0.05) is 0 Å². The molecule has 1 aliphatic rings. The highest BCUT2D eigenvalue weighted by atomic mass is 32.1. The lowest BCUT2D eigenvalue weighted by Gasteiger charge is -2.21. The third-order valence-corrected chi connectivity index (χ3v) is 4.53. The Morgan fingerprint density at radius 3 is 2.95 bits per heavy atom. The van der Waals surface area contributed by atoms with Crippen LogP contribution < -0.4 is 0 Å². The third-order valence-electron chi connectivity index (χ3n) is 3.94. The van der Waals surface area contributed by atoms with Crippen LogP contribution in [-0.2, 0) is 13.1 Å². The Morgan fingerprint density at radius 2 is 2.23 bits per heavy atom. The predicted molar refractivity (Wildman–Crippen MR) is 85.8 cm³/mol. The van der Waals surface area contributed by atoms with Crippen molar-refractivity contribution < 1.29 is 4.79 Å². The summed E-state index contributed by atoms with van der Waals surface area (Å²) in [5.74, 6) is 0.0573. The summed E-state index contributed by atoms with van der Waals surface area (Å²) in [5, 5.41) is 6.14. The van der Waals surface area contributed by atoms with Crippen molar-refractivity contribution in [3.8, 4) is 0 Å². The van der Waals surface area contributed by atoms with Gasteiger partial charge in [-0.2, -0.15) is 5.10 Å². The Bertz CT molecular complexity index is 609. The van der Waals surface area contributed by atoms with Gasteiger partial charge in [-0.05, 0) is 13.3 Å². The zero-order chi connectivity index (χ0) is 15.4. The van der Waals surface area contributed by atoms with Crippen molar-refractivity contribution in [3.05, 3.63) is 34.5 Å². The van der Waals surface area contributed by atoms with Crippen LogP contribution in [0.25, 0.3) is 0 Å². The van der Waals surface area contributed by atoms with E-state index in [1.54, 1.807) is 5.51 Å². The molecule has 1 saturated heterocycles. The van der Waals surface area contributed by atoms with Gasteiger partial charge < -0.3 is 4.90 Å². The minimum absolute atomic E-state index is 0.0573. The molecule has 0 aromatic carbocycles. The standard InChI is InChI=1S/C15H21N5OS/c1-2-20-10-13(8-17-20)9-18-4-3-5-19(7-6-18)15(21)14-11-22-12-16-14/h8,10-12H,2-7,9H2,1H3. The molecule has 1 amide bonds. The zero-order valence-electron chi connectivity index (χ0n) is 12.8. The number of amides is 1. The summed E-state index contributed by atoms with van der Waals surface area (Å²) in [4.78, 5) is 20.8. The Kier molecular flexibility index (Phi) is 4.84. The third kappa shape index (κ3) is 3.53. The highest BCUT2D eigenvalue weighted by molar-refractivity contribution is 7.07. The Labute approximate surface area is 134 Å². The molecule has 0 bridgehead atoms. The van der Waals surface area contributed by atoms with Crippen LogP contribution in [0, 0.1) is 0 Å². The second-order valence-corrected chi connectivity index (χ2v) is 6.22. The molecule has 6 nitrogen and oxygen atoms in total. The molecule has 2 aromatic heterocycles. The summed E-state index contributed by atoms with van der Waals surface area (Å²) in [7, 11) is 0. The maximum Gasteiger partial charge on any atom is 0.273 e. The van der Waals surface area contributed by atoms with E-state index in [1.165, 1.54) is 16.9 Å². The first kappa shape index (κ1) is 15.2. The van der Waals surface area contributed by atoms with Gasteiger partial charge in [0.1, 0.15) is 5.69 Å². The fourth-order valence-electron chi connectivity index (χ4n) is 2.73. The fraction of sp³-hybridized carbons (Fsp3) is 0.533. The van der Waals surface area contributed by atoms with Crippen LogP contribution in [0.3, 0.4) is 0 Å². The SMILES string of the molecule is CCn1cc(CN2CCCN(C(=O)c3cscn3)CC2)cn1. The van der Waals surface area contributed by atoms with Gasteiger partial charge in [0.2, 0.25) is 0 Å². The minimum Gasteiger partial charge on any atom is -0.336 e. The van der Waals surface area contributed by atoms with E-state index in [0.717, 1.165) is 45.7 Å². The predicted octanol–water partition coefficient (Wildman–Crippen LogP) is 1.71. The monoisotopic (exact) mass is 319 g/mol. The molecule has 7 heteroatoms. The zero-order valence-corrected chi connectivity index (χ0v) is 13.6. The van der Waals surface area contributed by atoms with Gasteiger partial charge in [0.05, 0.1) is 11.7 Å². The Morgan fingerprint density at radius 1 is 1.32 bits per heavy atom. The second-order valence-electron chi connectivity index (χ2n) is 5.50. The lowest BCUT2D eigenvalue weighted by molar-refractivity contribution is 0.0756. The average Bonchev–Trinajstić information content (AvgIpc) is 3.16. The molecule has 1 aliphatic heterocycles. The molecule has 0 unspecified atom stereocenters. The van der Waals surface area contributed by atoms with Crippen LogP contribution in [0.15, 0.2) is 23.3 Å². The number of hydrogen-bond donors (Lipinski definition) is 0. The van der Waals surface area contributed by atoms with Crippen molar-refractivity contribution >= 4 is 17.2 Å². The maximum atomic E-state index is 12.4. The molecule has 2 aromatic rings. The van der Waals surface area contributed by atoms with Gasteiger partial charge in [0.15, 0.2) is 0 Å². The molecule has 0 aliphatic carbocycles. The van der Waals surface area contributed by atoms with Gasteiger partial charge in [0, 0.05) is 56.4 Å². The number of aromatic nitrogens is 3. The average molecular weight is 319 g/mol. The van der Waals surface area contributed by atoms with E-state index in [2.05, 4.69) is 28.1 Å². The first-order valence-corrected chi connectivity index (χ1v) is 8.61.